The van der Waals surface area contributed by atoms with Crippen molar-refractivity contribution >= 4 is 49.1 Å². The summed E-state index contributed by atoms with van der Waals surface area (Å²) < 4.78 is 11.5. The summed E-state index contributed by atoms with van der Waals surface area (Å²) in [6.07, 6.45) is 5.79. The number of aromatic hydroxyl groups is 1. The molecule has 0 saturated heterocycles. The van der Waals surface area contributed by atoms with Crippen LogP contribution in [0.15, 0.2) is 127 Å². The van der Waals surface area contributed by atoms with Crippen LogP contribution in [0.3, 0.4) is 0 Å². The lowest BCUT2D eigenvalue weighted by Crippen LogP contribution is -2.26. The molecule has 1 unspecified atom stereocenters. The number of phenolic OH excluding ortho intramolecular Hbond substituents is 1. The van der Waals surface area contributed by atoms with Crippen LogP contribution in [0.25, 0.3) is 99.5 Å². The van der Waals surface area contributed by atoms with Gasteiger partial charge in [0, 0.05) is 17.2 Å². The molecule has 0 spiro atoms. The quantitative estimate of drug-likeness (QED) is 0.0708. The van der Waals surface area contributed by atoms with Gasteiger partial charge in [-0.3, -0.25) is 0 Å². The molecule has 1 N–H and O–H groups in total. The number of ether oxygens (including phenoxy) is 2. The molecule has 1 heterocycles. The zero-order valence-corrected chi connectivity index (χ0v) is 33.2. The van der Waals surface area contributed by atoms with E-state index >= 15 is 0 Å². The minimum absolute atomic E-state index is 0.0792. The Bertz CT molecular complexity index is 3020. The van der Waals surface area contributed by atoms with Crippen molar-refractivity contribution in [3.05, 3.63) is 127 Å². The van der Waals surface area contributed by atoms with Gasteiger partial charge < -0.3 is 14.6 Å². The predicted molar refractivity (Wildman–Crippen MR) is 238 cm³/mol. The van der Waals surface area contributed by atoms with E-state index < -0.39 is 12.1 Å². The highest BCUT2D eigenvalue weighted by Gasteiger charge is 2.25. The largest absolute Gasteiger partial charge is 0.507 e. The van der Waals surface area contributed by atoms with Gasteiger partial charge in [0.25, 0.3) is 0 Å². The SMILES string of the molecule is CCCCCCCCOC(=O)C(C)Oc1ccc(-c2nc(-c3ccc4c5c(cccc35)-c3ccccc3-4)nc(-c3ccc4ccc5cccc6ccc3c4c56)n2)c(O)c1. The van der Waals surface area contributed by atoms with E-state index in [0.717, 1.165) is 51.9 Å². The molecule has 1 atom stereocenters. The highest BCUT2D eigenvalue weighted by molar-refractivity contribution is 6.25. The number of esters is 1. The van der Waals surface area contributed by atoms with Gasteiger partial charge in [-0.15, -0.1) is 0 Å². The average molecular weight is 774 g/mol. The maximum absolute atomic E-state index is 12.8. The number of aromatic nitrogens is 3. The number of rotatable bonds is 13. The minimum atomic E-state index is -0.847. The summed E-state index contributed by atoms with van der Waals surface area (Å²) >= 11 is 0. The molecular formula is C52H43N3O4. The highest BCUT2D eigenvalue weighted by Crippen LogP contribution is 2.49. The molecule has 7 nitrogen and oxygen atoms in total. The van der Waals surface area contributed by atoms with E-state index in [9.17, 15) is 9.90 Å². The monoisotopic (exact) mass is 773 g/mol. The fourth-order valence-electron chi connectivity index (χ4n) is 8.87. The first-order chi connectivity index (χ1) is 29.0. The number of carbonyl (C=O) groups excluding carboxylic acids is 1. The van der Waals surface area contributed by atoms with Crippen molar-refractivity contribution in [3.63, 3.8) is 0 Å². The van der Waals surface area contributed by atoms with Crippen LogP contribution in [0.2, 0.25) is 0 Å². The summed E-state index contributed by atoms with van der Waals surface area (Å²) in [5, 5.41) is 20.7. The lowest BCUT2D eigenvalue weighted by Gasteiger charge is -2.16. The molecule has 1 aliphatic rings. The Balaban J connectivity index is 1.05. The summed E-state index contributed by atoms with van der Waals surface area (Å²) in [6, 6.07) is 43.4. The normalized spacial score (nSPS) is 12.4. The topological polar surface area (TPSA) is 94.4 Å². The molecular weight excluding hydrogens is 731 g/mol. The van der Waals surface area contributed by atoms with Gasteiger partial charge in [-0.25, -0.2) is 19.7 Å². The van der Waals surface area contributed by atoms with E-state index in [2.05, 4.69) is 116 Å². The van der Waals surface area contributed by atoms with Crippen molar-refractivity contribution in [1.29, 1.82) is 0 Å². The van der Waals surface area contributed by atoms with Crippen LogP contribution in [0, 0.1) is 0 Å². The Kier molecular flexibility index (Phi) is 9.36. The second-order valence-electron chi connectivity index (χ2n) is 15.6. The van der Waals surface area contributed by atoms with Crippen molar-refractivity contribution in [3.8, 4) is 67.9 Å². The van der Waals surface area contributed by atoms with E-state index in [-0.39, 0.29) is 5.75 Å². The molecule has 1 aromatic heterocycles. The van der Waals surface area contributed by atoms with E-state index in [4.69, 9.17) is 24.4 Å². The Labute approximate surface area is 342 Å². The third-order valence-electron chi connectivity index (χ3n) is 11.8. The molecule has 59 heavy (non-hydrogen) atoms. The van der Waals surface area contributed by atoms with E-state index in [1.54, 1.807) is 19.1 Å². The molecule has 0 fully saturated rings. The van der Waals surface area contributed by atoms with Crippen LogP contribution in [0.4, 0.5) is 0 Å². The molecule has 1 aliphatic carbocycles. The summed E-state index contributed by atoms with van der Waals surface area (Å²) in [4.78, 5) is 28.2. The fraction of sp³-hybridized carbons (Fsp3) is 0.192. The number of fused-ring (bicyclic) bond motifs is 3. The van der Waals surface area contributed by atoms with Crippen LogP contribution in [0.5, 0.6) is 11.5 Å². The molecule has 0 aliphatic heterocycles. The van der Waals surface area contributed by atoms with Crippen molar-refractivity contribution in [1.82, 2.24) is 15.0 Å². The highest BCUT2D eigenvalue weighted by atomic mass is 16.6. The summed E-state index contributed by atoms with van der Waals surface area (Å²) in [6.45, 7) is 4.22. The average Bonchev–Trinajstić information content (AvgIpc) is 3.59. The molecule has 9 aromatic rings. The van der Waals surface area contributed by atoms with Gasteiger partial charge >= 0.3 is 5.97 Å². The summed E-state index contributed by atoms with van der Waals surface area (Å²) in [7, 11) is 0. The lowest BCUT2D eigenvalue weighted by atomic mass is 9.92. The Hall–Kier alpha value is -6.86. The number of hydrogen-bond acceptors (Lipinski definition) is 7. The van der Waals surface area contributed by atoms with E-state index in [1.165, 1.54) is 69.1 Å². The number of benzene rings is 8. The fourth-order valence-corrected chi connectivity index (χ4v) is 8.87. The minimum Gasteiger partial charge on any atom is -0.507 e. The second kappa shape index (κ2) is 15.1. The zero-order valence-electron chi connectivity index (χ0n) is 33.2. The summed E-state index contributed by atoms with van der Waals surface area (Å²) in [5.41, 5.74) is 6.94. The zero-order chi connectivity index (χ0) is 40.0. The number of unbranched alkanes of at least 4 members (excludes halogenated alkanes) is 5. The van der Waals surface area contributed by atoms with Crippen LogP contribution in [-0.4, -0.2) is 38.7 Å². The predicted octanol–water partition coefficient (Wildman–Crippen LogP) is 12.9. The smallest absolute Gasteiger partial charge is 0.347 e. The third kappa shape index (κ3) is 6.47. The molecule has 8 aromatic carbocycles. The van der Waals surface area contributed by atoms with Gasteiger partial charge in [-0.05, 0) is 103 Å². The molecule has 0 bridgehead atoms. The lowest BCUT2D eigenvalue weighted by molar-refractivity contribution is -0.151. The van der Waals surface area contributed by atoms with Gasteiger partial charge in [-0.2, -0.15) is 0 Å². The van der Waals surface area contributed by atoms with Crippen molar-refractivity contribution in [2.45, 2.75) is 58.5 Å². The van der Waals surface area contributed by atoms with E-state index in [0.29, 0.717) is 35.4 Å². The Morgan fingerprint density at radius 1 is 0.542 bits per heavy atom. The van der Waals surface area contributed by atoms with Gasteiger partial charge in [0.2, 0.25) is 0 Å². The van der Waals surface area contributed by atoms with E-state index in [1.807, 2.05) is 0 Å². The first kappa shape index (κ1) is 36.5. The van der Waals surface area contributed by atoms with Crippen molar-refractivity contribution in [2.75, 3.05) is 6.61 Å². The van der Waals surface area contributed by atoms with Crippen molar-refractivity contribution < 1.29 is 19.4 Å². The van der Waals surface area contributed by atoms with Crippen LogP contribution in [-0.2, 0) is 9.53 Å². The van der Waals surface area contributed by atoms with Crippen LogP contribution in [0.1, 0.15) is 52.4 Å². The van der Waals surface area contributed by atoms with Gasteiger partial charge in [-0.1, -0.05) is 136 Å². The number of hydrogen-bond donors (Lipinski definition) is 1. The maximum atomic E-state index is 12.8. The third-order valence-corrected chi connectivity index (χ3v) is 11.8. The molecule has 0 saturated carbocycles. The molecule has 290 valence electrons. The summed E-state index contributed by atoms with van der Waals surface area (Å²) in [5.74, 6) is 1.13. The number of carbonyl (C=O) groups is 1. The molecule has 7 heteroatoms. The second-order valence-corrected chi connectivity index (χ2v) is 15.6. The van der Waals surface area contributed by atoms with Gasteiger partial charge in [0.05, 0.1) is 12.2 Å². The van der Waals surface area contributed by atoms with Crippen LogP contribution >= 0.6 is 0 Å². The standard InChI is InChI=1S/C52H43N3O4/c1-3-4-5-6-7-10-29-58-52(57)31(2)59-35-23-26-44(45(56)30-35)51-54-49(42-25-22-34-20-19-32-13-11-14-33-21-24-41(42)47(34)46(32)33)53-50(55-51)43-28-27-40-37-16-9-8-15-36(37)38-17-12-18-39(43)48(38)40/h8-9,11-28,30-31,56H,3-7,10,29H2,1-2H3. The molecule has 10 rings (SSSR count). The Morgan fingerprint density at radius 2 is 1.08 bits per heavy atom. The Morgan fingerprint density at radius 3 is 1.81 bits per heavy atom. The van der Waals surface area contributed by atoms with Gasteiger partial charge in [0.1, 0.15) is 11.5 Å². The number of phenols is 1. The molecule has 0 radical (unpaired) electrons. The maximum Gasteiger partial charge on any atom is 0.347 e. The number of nitrogens with zero attached hydrogens (tertiary/aromatic N) is 3. The van der Waals surface area contributed by atoms with Crippen LogP contribution < -0.4 is 4.74 Å². The first-order valence-corrected chi connectivity index (χ1v) is 20.7. The molecule has 0 amide bonds. The van der Waals surface area contributed by atoms with Gasteiger partial charge in [0.15, 0.2) is 23.6 Å². The van der Waals surface area contributed by atoms with Crippen molar-refractivity contribution in [2.24, 2.45) is 0 Å². The first-order valence-electron chi connectivity index (χ1n) is 20.7.